The quantitative estimate of drug-likeness (QED) is 0.561. The third-order valence-electron chi connectivity index (χ3n) is 1.64. The van der Waals surface area contributed by atoms with Gasteiger partial charge in [-0.15, -0.1) is 12.6 Å². The molecule has 0 amide bonds. The molecule has 0 aromatic heterocycles. The van der Waals surface area contributed by atoms with Crippen LogP contribution >= 0.6 is 12.6 Å². The second kappa shape index (κ2) is 2.59. The molecule has 0 unspecified atom stereocenters. The van der Waals surface area contributed by atoms with Crippen LogP contribution in [0.3, 0.4) is 0 Å². The molecule has 1 heteroatoms. The van der Waals surface area contributed by atoms with E-state index in [0.29, 0.717) is 0 Å². The van der Waals surface area contributed by atoms with Crippen LogP contribution in [0.1, 0.15) is 0 Å². The number of fused-ring (bicyclic) bond motifs is 1. The molecule has 0 bridgehead atoms. The average Bonchev–Trinajstić information content (AvgIpc) is 2.04. The lowest BCUT2D eigenvalue weighted by atomic mass is 10.1. The Labute approximate surface area is 71.3 Å². The zero-order valence-electron chi connectivity index (χ0n) is 5.91. The van der Waals surface area contributed by atoms with E-state index >= 15 is 0 Å². The van der Waals surface area contributed by atoms with E-state index < -0.39 is 0 Å². The first-order chi connectivity index (χ1) is 5.36. The molecule has 0 saturated carbocycles. The van der Waals surface area contributed by atoms with Crippen LogP contribution in [0.15, 0.2) is 41.3 Å². The fourth-order valence-electron chi connectivity index (χ4n) is 1.10. The van der Waals surface area contributed by atoms with Crippen molar-refractivity contribution >= 4 is 23.4 Å². The fraction of sp³-hybridized carbons (Fsp3) is 0. The second-order valence-electron chi connectivity index (χ2n) is 2.43. The average molecular weight is 159 g/mol. The Bertz CT molecular complexity index is 379. The van der Waals surface area contributed by atoms with E-state index in [1.54, 1.807) is 0 Å². The maximum atomic E-state index is 4.20. The first kappa shape index (κ1) is 6.74. The van der Waals surface area contributed by atoms with Gasteiger partial charge in [-0.25, -0.2) is 0 Å². The molecule has 0 spiro atoms. The number of benzene rings is 2. The highest BCUT2D eigenvalue weighted by atomic mass is 32.1. The molecule has 0 heterocycles. The van der Waals surface area contributed by atoms with Crippen molar-refractivity contribution in [2.24, 2.45) is 0 Å². The van der Waals surface area contributed by atoms with Crippen molar-refractivity contribution in [3.63, 3.8) is 0 Å². The molecule has 0 saturated heterocycles. The Morgan fingerprint density at radius 1 is 1.00 bits per heavy atom. The molecule has 0 nitrogen and oxygen atoms in total. The molecule has 0 fully saturated rings. The molecule has 2 aromatic carbocycles. The zero-order chi connectivity index (χ0) is 7.68. The predicted octanol–water partition coefficient (Wildman–Crippen LogP) is 2.93. The van der Waals surface area contributed by atoms with E-state index in [-0.39, 0.29) is 0 Å². The summed E-state index contributed by atoms with van der Waals surface area (Å²) in [5.74, 6) is 0. The Hall–Kier alpha value is -0.950. The van der Waals surface area contributed by atoms with E-state index in [2.05, 4.69) is 24.8 Å². The third-order valence-corrected chi connectivity index (χ3v) is 1.91. The SMILES string of the molecule is Sc1[c]c2ccccc2cc1. The lowest BCUT2D eigenvalue weighted by Gasteiger charge is -1.95. The van der Waals surface area contributed by atoms with Crippen LogP contribution in [0.25, 0.3) is 10.8 Å². The Balaban J connectivity index is 2.83. The van der Waals surface area contributed by atoms with Gasteiger partial charge in [0.15, 0.2) is 0 Å². The summed E-state index contributed by atoms with van der Waals surface area (Å²) in [6.45, 7) is 0. The van der Waals surface area contributed by atoms with Crippen LogP contribution in [0.5, 0.6) is 0 Å². The monoisotopic (exact) mass is 159 g/mol. The summed E-state index contributed by atoms with van der Waals surface area (Å²) in [6, 6.07) is 15.3. The van der Waals surface area contributed by atoms with E-state index in [1.807, 2.05) is 30.3 Å². The van der Waals surface area contributed by atoms with Gasteiger partial charge in [0.2, 0.25) is 0 Å². The number of hydrogen-bond acceptors (Lipinski definition) is 1. The zero-order valence-corrected chi connectivity index (χ0v) is 6.81. The first-order valence-electron chi connectivity index (χ1n) is 3.46. The second-order valence-corrected chi connectivity index (χ2v) is 2.91. The highest BCUT2D eigenvalue weighted by Gasteiger charge is 1.90. The Kier molecular flexibility index (Phi) is 1.59. The van der Waals surface area contributed by atoms with Crippen molar-refractivity contribution in [3.05, 3.63) is 42.5 Å². The molecule has 11 heavy (non-hydrogen) atoms. The van der Waals surface area contributed by atoms with Gasteiger partial charge < -0.3 is 0 Å². The highest BCUT2D eigenvalue weighted by Crippen LogP contribution is 2.16. The lowest BCUT2D eigenvalue weighted by molar-refractivity contribution is 1.51. The van der Waals surface area contributed by atoms with Crippen LogP contribution in [0, 0.1) is 6.07 Å². The minimum atomic E-state index is 0.892. The van der Waals surface area contributed by atoms with Crippen LogP contribution in [0.2, 0.25) is 0 Å². The van der Waals surface area contributed by atoms with Crippen LogP contribution in [0.4, 0.5) is 0 Å². The highest BCUT2D eigenvalue weighted by molar-refractivity contribution is 7.80. The molecule has 0 aliphatic rings. The van der Waals surface area contributed by atoms with Crippen molar-refractivity contribution < 1.29 is 0 Å². The largest absolute Gasteiger partial charge is 0.143 e. The van der Waals surface area contributed by atoms with Crippen molar-refractivity contribution in [2.45, 2.75) is 4.90 Å². The minimum Gasteiger partial charge on any atom is -0.143 e. The van der Waals surface area contributed by atoms with Gasteiger partial charge in [-0.05, 0) is 16.8 Å². The molecule has 2 aromatic rings. The molecule has 1 radical (unpaired) electrons. The van der Waals surface area contributed by atoms with Gasteiger partial charge in [0.25, 0.3) is 0 Å². The summed E-state index contributed by atoms with van der Waals surface area (Å²) < 4.78 is 0. The molecule has 0 N–H and O–H groups in total. The van der Waals surface area contributed by atoms with E-state index in [1.165, 1.54) is 5.39 Å². The van der Waals surface area contributed by atoms with Gasteiger partial charge in [-0.2, -0.15) is 0 Å². The number of hydrogen-bond donors (Lipinski definition) is 1. The van der Waals surface area contributed by atoms with E-state index in [0.717, 1.165) is 10.3 Å². The van der Waals surface area contributed by atoms with E-state index in [4.69, 9.17) is 0 Å². The third kappa shape index (κ3) is 1.24. The summed E-state index contributed by atoms with van der Waals surface area (Å²) in [6.07, 6.45) is 0. The standard InChI is InChI=1S/C10H7S/c11-10-6-5-8-3-1-2-4-9(8)7-10/h1-6,11H. The molecular formula is C10H7S. The first-order valence-corrected chi connectivity index (χ1v) is 3.91. The maximum absolute atomic E-state index is 4.20. The van der Waals surface area contributed by atoms with Gasteiger partial charge in [-0.1, -0.05) is 30.3 Å². The summed E-state index contributed by atoms with van der Waals surface area (Å²) in [7, 11) is 0. The number of thiol groups is 1. The van der Waals surface area contributed by atoms with Crippen LogP contribution < -0.4 is 0 Å². The van der Waals surface area contributed by atoms with Crippen molar-refractivity contribution in [1.29, 1.82) is 0 Å². The molecule has 53 valence electrons. The lowest BCUT2D eigenvalue weighted by Crippen LogP contribution is -1.71. The van der Waals surface area contributed by atoms with Crippen LogP contribution in [-0.4, -0.2) is 0 Å². The molecule has 0 atom stereocenters. The molecular weight excluding hydrogens is 152 g/mol. The topological polar surface area (TPSA) is 0 Å². The summed E-state index contributed by atoms with van der Waals surface area (Å²) in [4.78, 5) is 0.892. The smallest absolute Gasteiger partial charge is 0.0126 e. The number of rotatable bonds is 0. The van der Waals surface area contributed by atoms with Gasteiger partial charge in [0.05, 0.1) is 0 Å². The van der Waals surface area contributed by atoms with Crippen molar-refractivity contribution in [3.8, 4) is 0 Å². The van der Waals surface area contributed by atoms with Gasteiger partial charge in [0, 0.05) is 11.0 Å². The molecule has 2 rings (SSSR count). The summed E-state index contributed by atoms with van der Waals surface area (Å²) in [5, 5.41) is 2.34. The summed E-state index contributed by atoms with van der Waals surface area (Å²) in [5.41, 5.74) is 0. The normalized spacial score (nSPS) is 10.3. The van der Waals surface area contributed by atoms with Crippen molar-refractivity contribution in [1.82, 2.24) is 0 Å². The molecule has 0 aliphatic carbocycles. The van der Waals surface area contributed by atoms with Crippen molar-refractivity contribution in [2.75, 3.05) is 0 Å². The minimum absolute atomic E-state index is 0.892. The Morgan fingerprint density at radius 3 is 2.73 bits per heavy atom. The van der Waals surface area contributed by atoms with Gasteiger partial charge in [-0.3, -0.25) is 0 Å². The van der Waals surface area contributed by atoms with E-state index in [9.17, 15) is 0 Å². The van der Waals surface area contributed by atoms with Gasteiger partial charge >= 0.3 is 0 Å². The van der Waals surface area contributed by atoms with Gasteiger partial charge in [0.1, 0.15) is 0 Å². The fourth-order valence-corrected chi connectivity index (χ4v) is 1.30. The Morgan fingerprint density at radius 2 is 1.82 bits per heavy atom. The van der Waals surface area contributed by atoms with Crippen LogP contribution in [-0.2, 0) is 0 Å². The maximum Gasteiger partial charge on any atom is 0.0126 e. The summed E-state index contributed by atoms with van der Waals surface area (Å²) >= 11 is 4.20. The predicted molar refractivity (Wildman–Crippen MR) is 50.0 cm³/mol. The molecule has 0 aliphatic heterocycles.